The molecular weight excluding hydrogens is 1700 g/mol. The topological polar surface area (TPSA) is 326 Å². The molecule has 0 bridgehead atoms. The van der Waals surface area contributed by atoms with Gasteiger partial charge in [-0.15, -0.1) is 0 Å². The van der Waals surface area contributed by atoms with Crippen molar-refractivity contribution in [2.45, 2.75) is 105 Å². The van der Waals surface area contributed by atoms with E-state index in [9.17, 15) is 38.4 Å². The first-order valence-electron chi connectivity index (χ1n) is 59.5. The number of fused-ring (bicyclic) bond motifs is 4. The smallest absolute Gasteiger partial charge is 0.338 e. The molecule has 12 N–H and O–H groups in total. The predicted molar refractivity (Wildman–Crippen MR) is 543 cm³/mol. The van der Waals surface area contributed by atoms with E-state index in [0.29, 0.717) is 56.9 Å². The Kier molecular flexibility index (Phi) is 21.1. The molecule has 0 aliphatic heterocycles. The van der Waals surface area contributed by atoms with E-state index in [2.05, 4.69) is 21.3 Å². The lowest BCUT2D eigenvalue weighted by Crippen LogP contribution is -2.27. The second-order valence-electron chi connectivity index (χ2n) is 30.5. The SMILES string of the molecule is [2H]C([2H])([2H])c1ccc(C(=O)OC([2H])([2H])c2ccc([C@@H](CN)C(=O)Nc3ccc4ccccc4c3)cc2)c(C([2H])([2H])[2H])c1.[2H]C([2H])([2H])c1ccc(C(=O)OC([2H])([2H])c2ccc([C@]([2H])(CN)C(=O)Nc3ccc4ccccc4c3)cc2)c(C([2H])([2H])[2H])c1.[2H]c1cccc2cc(NC(=O)[C@@H](c3ccc(COC(=O)c4ccc(C([2H])([2H])[2H])cc4C([2H])([2H])[2H])cc3)C([2H])([2H])N)ccc12.[2H]c1cccc2cc(NC(=O)[C@H](CN)c3ccc(C([2H])([2H])OC(=O)c4ccc(C([2H])([2H])[2H])cc4C([2H])([2H])[2H])cc3)ccc12. The lowest BCUT2D eigenvalue weighted by Gasteiger charge is -2.16. The van der Waals surface area contributed by atoms with Gasteiger partial charge in [-0.3, -0.25) is 19.2 Å². The van der Waals surface area contributed by atoms with Gasteiger partial charge in [0.15, 0.2) is 0 Å². The van der Waals surface area contributed by atoms with Crippen LogP contribution in [-0.2, 0) is 64.4 Å². The lowest BCUT2D eigenvalue weighted by molar-refractivity contribution is -0.118. The first-order valence-corrected chi connectivity index (χ1v) is 42.0. The minimum absolute atomic E-state index is 0.0230. The van der Waals surface area contributed by atoms with E-state index in [0.717, 1.165) is 110 Å². The van der Waals surface area contributed by atoms with Crippen LogP contribution in [0.1, 0.15) is 202 Å². The molecule has 16 aromatic carbocycles. The summed E-state index contributed by atoms with van der Waals surface area (Å²) in [5, 5.41) is 17.9. The van der Waals surface area contributed by atoms with E-state index in [4.69, 9.17) is 89.9 Å². The van der Waals surface area contributed by atoms with Gasteiger partial charge in [-0.1, -0.05) is 289 Å². The minimum Gasteiger partial charge on any atom is -0.457 e. The molecule has 0 spiro atoms. The number of carbonyl (C=O) groups is 8. The summed E-state index contributed by atoms with van der Waals surface area (Å²) in [5.41, 5.74) is 22.0. The first-order chi connectivity index (χ1) is 79.5. The molecule has 0 aliphatic carbocycles. The highest BCUT2D eigenvalue weighted by Crippen LogP contribution is 2.31. The van der Waals surface area contributed by atoms with Crippen molar-refractivity contribution in [3.05, 3.63) is 451 Å². The number of nitrogens with one attached hydrogen (secondary N) is 4. The maximum atomic E-state index is 13.2. The third-order valence-corrected chi connectivity index (χ3v) is 21.2. The molecule has 0 aromatic heterocycles. The van der Waals surface area contributed by atoms with Crippen molar-refractivity contribution in [1.82, 2.24) is 0 Å². The van der Waals surface area contributed by atoms with E-state index in [-0.39, 0.29) is 81.2 Å². The highest BCUT2D eigenvalue weighted by molar-refractivity contribution is 6.02. The van der Waals surface area contributed by atoms with Crippen LogP contribution in [0, 0.1) is 54.8 Å². The van der Waals surface area contributed by atoms with Crippen molar-refractivity contribution in [2.24, 2.45) is 22.9 Å². The van der Waals surface area contributed by atoms with Gasteiger partial charge in [0.2, 0.25) is 23.6 Å². The van der Waals surface area contributed by atoms with Crippen molar-refractivity contribution in [2.75, 3.05) is 47.4 Å². The van der Waals surface area contributed by atoms with Crippen LogP contribution in [0.5, 0.6) is 0 Å². The Bertz CT molecular complexity index is 8590. The molecule has 20 heteroatoms. The van der Waals surface area contributed by atoms with Crippen LogP contribution in [0.4, 0.5) is 22.7 Å². The van der Waals surface area contributed by atoms with Crippen LogP contribution in [0.25, 0.3) is 43.1 Å². The summed E-state index contributed by atoms with van der Waals surface area (Å²) >= 11 is 0. The van der Waals surface area contributed by atoms with Crippen LogP contribution >= 0.6 is 0 Å². The Morgan fingerprint density at radius 1 is 0.287 bits per heavy atom. The standard InChI is InChI=1S/4C29H28N2O3/c4*1-19-7-14-26(20(2)15-19)29(33)34-18-21-8-10-23(11-9-21)27(17-30)28(32)31-25-13-12-22-5-3-4-6-24(22)16-25/h4*3-16,27H,17-18,30H2,1-2H3,(H,31,32)/t4*27-/m1110/s1/i1D3,2D3,5D,18D2;1D3,2D3,5D,17D2;1D3,2D3,18D2;1D3,2D3,18D2,27D. The fourth-order valence-corrected chi connectivity index (χ4v) is 14.0. The van der Waals surface area contributed by atoms with Crippen molar-refractivity contribution in [1.29, 1.82) is 0 Å². The van der Waals surface area contributed by atoms with Crippen molar-refractivity contribution in [3.63, 3.8) is 0 Å². The summed E-state index contributed by atoms with van der Waals surface area (Å²) in [6, 6.07) is 81.8. The van der Waals surface area contributed by atoms with Gasteiger partial charge < -0.3 is 63.1 Å². The number of amides is 4. The first kappa shape index (κ1) is 61.1. The quantitative estimate of drug-likeness (QED) is 0.0167. The van der Waals surface area contributed by atoms with E-state index < -0.39 is 192 Å². The van der Waals surface area contributed by atoms with Gasteiger partial charge in [0.1, 0.15) is 26.3 Å². The predicted octanol–water partition coefficient (Wildman–Crippen LogP) is 22.0. The number of hydrogen-bond donors (Lipinski definition) is 8. The van der Waals surface area contributed by atoms with Crippen molar-refractivity contribution < 1.29 is 105 Å². The maximum absolute atomic E-state index is 13.2. The Hall–Kier alpha value is -15.8. The third-order valence-electron chi connectivity index (χ3n) is 21.2. The van der Waals surface area contributed by atoms with Crippen LogP contribution in [0.2, 0.25) is 0 Å². The van der Waals surface area contributed by atoms with Crippen LogP contribution in [-0.4, -0.2) is 73.6 Å². The molecule has 688 valence electrons. The number of ether oxygens (including phenoxy) is 4. The highest BCUT2D eigenvalue weighted by Gasteiger charge is 2.26. The second-order valence-corrected chi connectivity index (χ2v) is 30.5. The zero-order chi connectivity index (χ0) is 126. The van der Waals surface area contributed by atoms with Crippen molar-refractivity contribution >= 4 is 113 Å². The summed E-state index contributed by atoms with van der Waals surface area (Å²) in [7, 11) is 0. The monoisotopic (exact) mass is 1840 g/mol. The Labute approximate surface area is 842 Å². The number of benzene rings is 16. The highest BCUT2D eigenvalue weighted by atomic mass is 16.5. The Morgan fingerprint density at radius 3 is 0.897 bits per heavy atom. The van der Waals surface area contributed by atoms with E-state index in [1.54, 1.807) is 84.9 Å². The second kappa shape index (κ2) is 47.0. The largest absolute Gasteiger partial charge is 0.457 e. The summed E-state index contributed by atoms with van der Waals surface area (Å²) in [4.78, 5) is 104. The maximum Gasteiger partial charge on any atom is 0.338 e. The number of esters is 4. The molecular formula is C116H112N8O12. The average Bonchev–Trinajstić information content (AvgIpc) is 0.811. The van der Waals surface area contributed by atoms with E-state index in [1.807, 2.05) is 72.8 Å². The van der Waals surface area contributed by atoms with Crippen LogP contribution < -0.4 is 44.2 Å². The molecule has 0 saturated carbocycles. The van der Waals surface area contributed by atoms with Crippen molar-refractivity contribution in [3.8, 4) is 0 Å². The fraction of sp³-hybridized carbons (Fsp3) is 0.172. The Morgan fingerprint density at radius 2 is 0.574 bits per heavy atom. The minimum atomic E-state index is -2.88. The third kappa shape index (κ3) is 26.3. The molecule has 0 unspecified atom stereocenters. The summed E-state index contributed by atoms with van der Waals surface area (Å²) in [6.45, 7) is -33.1. The van der Waals surface area contributed by atoms with E-state index in [1.165, 1.54) is 97.1 Å². The molecule has 0 fully saturated rings. The summed E-state index contributed by atoms with van der Waals surface area (Å²) in [6.07, 6.45) is 0. The summed E-state index contributed by atoms with van der Waals surface area (Å²) < 4.78 is 294. The van der Waals surface area contributed by atoms with Gasteiger partial charge in [-0.25, -0.2) is 19.2 Å². The fourth-order valence-electron chi connectivity index (χ4n) is 14.0. The molecule has 20 nitrogen and oxygen atoms in total. The van der Waals surface area contributed by atoms with Gasteiger partial charge >= 0.3 is 23.9 Å². The zero-order valence-electron chi connectivity index (χ0n) is 107. The molecule has 4 atom stereocenters. The number of nitrogens with two attached hydrogens (primary N) is 4. The lowest BCUT2D eigenvalue weighted by atomic mass is 9.97. The number of anilines is 4. The van der Waals surface area contributed by atoms with Gasteiger partial charge in [-0.05, 0) is 237 Å². The molecule has 0 radical (unpaired) electrons. The molecule has 16 aromatic rings. The van der Waals surface area contributed by atoms with E-state index >= 15 is 0 Å². The van der Waals surface area contributed by atoms with Gasteiger partial charge in [0.05, 0.1) is 56.9 Å². The normalized spacial score (nSPS) is 16.9. The van der Waals surface area contributed by atoms with Gasteiger partial charge in [-0.2, -0.15) is 0 Å². The van der Waals surface area contributed by atoms with Crippen LogP contribution in [0.3, 0.4) is 0 Å². The number of aryl methyl sites for hydroxylation is 8. The molecule has 0 heterocycles. The number of carbonyl (C=O) groups excluding carboxylic acids is 8. The van der Waals surface area contributed by atoms with Crippen LogP contribution in [0.15, 0.2) is 340 Å². The Balaban J connectivity index is 0.000000187. The van der Waals surface area contributed by atoms with Gasteiger partial charge in [0.25, 0.3) is 0 Å². The molecule has 16 rings (SSSR count). The zero-order valence-corrected chi connectivity index (χ0v) is 72.4. The number of hydrogen-bond acceptors (Lipinski definition) is 16. The van der Waals surface area contributed by atoms with Gasteiger partial charge in [0, 0.05) is 85.9 Å². The number of rotatable bonds is 28. The molecule has 136 heavy (non-hydrogen) atoms. The average molecular weight is 1850 g/mol. The molecule has 4 amide bonds. The summed E-state index contributed by atoms with van der Waals surface area (Å²) in [5.74, 6) is -11.9. The molecule has 0 saturated heterocycles. The molecule has 0 aliphatic rings.